The number of nitrogens with zero attached hydrogens (tertiary/aromatic N) is 3. The van der Waals surface area contributed by atoms with E-state index in [9.17, 15) is 4.79 Å². The van der Waals surface area contributed by atoms with E-state index < -0.39 is 0 Å². The fourth-order valence-electron chi connectivity index (χ4n) is 4.35. The van der Waals surface area contributed by atoms with Gasteiger partial charge >= 0.3 is 0 Å². The number of hydrogen-bond acceptors (Lipinski definition) is 4. The molecular weight excluding hydrogens is 398 g/mol. The van der Waals surface area contributed by atoms with Crippen molar-refractivity contribution in [3.05, 3.63) is 82.3 Å². The number of ether oxygens (including phenoxy) is 1. The first-order chi connectivity index (χ1) is 14.5. The van der Waals surface area contributed by atoms with Crippen molar-refractivity contribution in [2.24, 2.45) is 0 Å². The lowest BCUT2D eigenvalue weighted by molar-refractivity contribution is 0.0962. The standard InChI is InChI=1S/C24H20ClN3O2/c1-14-23(15-6-5-7-17(25)10-15)24-26-20-11-16(18-8-3-4-9-22(18)30-2)12-21(29)19(20)13-28(24)27-14/h3-10,13,16H,11-12H2,1-2H3. The first-order valence-electron chi connectivity index (χ1n) is 9.86. The summed E-state index contributed by atoms with van der Waals surface area (Å²) in [7, 11) is 1.66. The molecule has 0 radical (unpaired) electrons. The number of fused-ring (bicyclic) bond motifs is 2. The number of methoxy groups -OCH3 is 1. The van der Waals surface area contributed by atoms with Crippen LogP contribution in [-0.2, 0) is 6.42 Å². The van der Waals surface area contributed by atoms with E-state index in [2.05, 4.69) is 5.10 Å². The summed E-state index contributed by atoms with van der Waals surface area (Å²) < 4.78 is 7.24. The Labute approximate surface area is 179 Å². The Kier molecular flexibility index (Phi) is 4.55. The second-order valence-electron chi connectivity index (χ2n) is 7.61. The molecule has 6 heteroatoms. The average Bonchev–Trinajstić information content (AvgIpc) is 3.07. The monoisotopic (exact) mass is 417 g/mol. The van der Waals surface area contributed by atoms with Crippen LogP contribution in [0.15, 0.2) is 54.7 Å². The number of carbonyl (C=O) groups is 1. The number of aromatic nitrogens is 3. The quantitative estimate of drug-likeness (QED) is 0.455. The van der Waals surface area contributed by atoms with Gasteiger partial charge in [-0.2, -0.15) is 5.10 Å². The van der Waals surface area contributed by atoms with E-state index in [4.69, 9.17) is 21.3 Å². The summed E-state index contributed by atoms with van der Waals surface area (Å²) in [5.74, 6) is 0.924. The van der Waals surface area contributed by atoms with Crippen molar-refractivity contribution < 1.29 is 9.53 Å². The van der Waals surface area contributed by atoms with Gasteiger partial charge in [0.25, 0.3) is 0 Å². The van der Waals surface area contributed by atoms with Crippen LogP contribution in [-0.4, -0.2) is 27.5 Å². The van der Waals surface area contributed by atoms with Gasteiger partial charge in [0.1, 0.15) is 5.75 Å². The summed E-state index contributed by atoms with van der Waals surface area (Å²) in [6.45, 7) is 1.95. The second kappa shape index (κ2) is 7.26. The van der Waals surface area contributed by atoms with Crippen molar-refractivity contribution >= 4 is 23.0 Å². The van der Waals surface area contributed by atoms with Crippen molar-refractivity contribution in [1.29, 1.82) is 0 Å². The maximum absolute atomic E-state index is 13.0. The highest BCUT2D eigenvalue weighted by Gasteiger charge is 2.30. The zero-order valence-electron chi connectivity index (χ0n) is 16.7. The highest BCUT2D eigenvalue weighted by atomic mass is 35.5. The summed E-state index contributed by atoms with van der Waals surface area (Å²) in [5, 5.41) is 5.27. The summed E-state index contributed by atoms with van der Waals surface area (Å²) in [4.78, 5) is 17.9. The smallest absolute Gasteiger partial charge is 0.166 e. The fraction of sp³-hybridized carbons (Fsp3) is 0.208. The van der Waals surface area contributed by atoms with E-state index >= 15 is 0 Å². The van der Waals surface area contributed by atoms with Gasteiger partial charge in [-0.25, -0.2) is 9.50 Å². The third kappa shape index (κ3) is 3.06. The number of halogens is 1. The molecule has 2 heterocycles. The summed E-state index contributed by atoms with van der Waals surface area (Å²) in [6, 6.07) is 15.6. The molecule has 1 unspecified atom stereocenters. The van der Waals surface area contributed by atoms with Crippen LogP contribution in [0.3, 0.4) is 0 Å². The number of benzene rings is 2. The van der Waals surface area contributed by atoms with Gasteiger partial charge in [-0.1, -0.05) is 41.9 Å². The van der Waals surface area contributed by atoms with Gasteiger partial charge in [0, 0.05) is 29.1 Å². The van der Waals surface area contributed by atoms with Crippen LogP contribution in [0.2, 0.25) is 5.02 Å². The van der Waals surface area contributed by atoms with Crippen molar-refractivity contribution in [2.75, 3.05) is 7.11 Å². The van der Waals surface area contributed by atoms with Crippen molar-refractivity contribution in [1.82, 2.24) is 14.6 Å². The highest BCUT2D eigenvalue weighted by molar-refractivity contribution is 6.30. The predicted octanol–water partition coefficient (Wildman–Crippen LogP) is 5.28. The van der Waals surface area contributed by atoms with E-state index in [1.807, 2.05) is 61.7 Å². The minimum atomic E-state index is 0.0368. The van der Waals surface area contributed by atoms with Crippen LogP contribution in [0.1, 0.15) is 39.6 Å². The molecule has 0 saturated heterocycles. The lowest BCUT2D eigenvalue weighted by Crippen LogP contribution is -2.21. The van der Waals surface area contributed by atoms with Gasteiger partial charge in [0.05, 0.1) is 24.1 Å². The molecule has 0 amide bonds. The number of Topliss-reactive ketones (excluding diaryl/α,β-unsaturated/α-hetero) is 1. The minimum absolute atomic E-state index is 0.0368. The minimum Gasteiger partial charge on any atom is -0.496 e. The fourth-order valence-corrected chi connectivity index (χ4v) is 4.54. The predicted molar refractivity (Wildman–Crippen MR) is 117 cm³/mol. The molecule has 5 nitrogen and oxygen atoms in total. The zero-order chi connectivity index (χ0) is 20.8. The van der Waals surface area contributed by atoms with Crippen LogP contribution in [0, 0.1) is 6.92 Å². The number of carbonyl (C=O) groups excluding carboxylic acids is 1. The molecule has 2 aromatic carbocycles. The van der Waals surface area contributed by atoms with Crippen LogP contribution >= 0.6 is 11.6 Å². The zero-order valence-corrected chi connectivity index (χ0v) is 17.5. The Bertz CT molecular complexity index is 1300. The molecule has 2 aromatic heterocycles. The van der Waals surface area contributed by atoms with Gasteiger partial charge in [-0.15, -0.1) is 0 Å². The van der Waals surface area contributed by atoms with Crippen LogP contribution in [0.5, 0.6) is 5.75 Å². The molecule has 1 aliphatic carbocycles. The van der Waals surface area contributed by atoms with Crippen molar-refractivity contribution in [3.63, 3.8) is 0 Å². The molecule has 150 valence electrons. The Balaban J connectivity index is 1.64. The van der Waals surface area contributed by atoms with E-state index in [0.29, 0.717) is 23.4 Å². The van der Waals surface area contributed by atoms with Crippen LogP contribution in [0.4, 0.5) is 0 Å². The number of aryl methyl sites for hydroxylation is 1. The maximum Gasteiger partial charge on any atom is 0.166 e. The third-order valence-corrected chi connectivity index (χ3v) is 5.96. The maximum atomic E-state index is 13.0. The van der Waals surface area contributed by atoms with E-state index in [-0.39, 0.29) is 11.7 Å². The van der Waals surface area contributed by atoms with Crippen molar-refractivity contribution in [3.8, 4) is 16.9 Å². The van der Waals surface area contributed by atoms with Crippen LogP contribution in [0.25, 0.3) is 16.8 Å². The lowest BCUT2D eigenvalue weighted by atomic mass is 9.82. The second-order valence-corrected chi connectivity index (χ2v) is 8.05. The highest BCUT2D eigenvalue weighted by Crippen LogP contribution is 2.37. The molecular formula is C24H20ClN3O2. The first kappa shape index (κ1) is 18.8. The molecule has 0 spiro atoms. The molecule has 0 aliphatic heterocycles. The summed E-state index contributed by atoms with van der Waals surface area (Å²) in [5.41, 5.74) is 5.98. The Morgan fingerprint density at radius 1 is 1.13 bits per heavy atom. The van der Waals surface area contributed by atoms with Crippen LogP contribution < -0.4 is 4.74 Å². The SMILES string of the molecule is COc1ccccc1C1CC(=O)c2cn3nc(C)c(-c4cccc(Cl)c4)c3nc2C1. The van der Waals surface area contributed by atoms with Gasteiger partial charge < -0.3 is 4.74 Å². The average molecular weight is 418 g/mol. The van der Waals surface area contributed by atoms with Crippen molar-refractivity contribution in [2.45, 2.75) is 25.7 Å². The number of hydrogen-bond donors (Lipinski definition) is 0. The lowest BCUT2D eigenvalue weighted by Gasteiger charge is -2.24. The molecule has 30 heavy (non-hydrogen) atoms. The van der Waals surface area contributed by atoms with Gasteiger partial charge in [0.15, 0.2) is 11.4 Å². The van der Waals surface area contributed by atoms with E-state index in [1.54, 1.807) is 11.6 Å². The Hall–Kier alpha value is -3.18. The normalized spacial score (nSPS) is 16.0. The molecule has 0 fully saturated rings. The van der Waals surface area contributed by atoms with Gasteiger partial charge in [0.2, 0.25) is 0 Å². The largest absolute Gasteiger partial charge is 0.496 e. The third-order valence-electron chi connectivity index (χ3n) is 5.73. The Morgan fingerprint density at radius 3 is 2.77 bits per heavy atom. The number of rotatable bonds is 3. The number of ketones is 1. The van der Waals surface area contributed by atoms with E-state index in [0.717, 1.165) is 39.5 Å². The molecule has 1 atom stereocenters. The topological polar surface area (TPSA) is 56.5 Å². The van der Waals surface area contributed by atoms with E-state index in [1.165, 1.54) is 0 Å². The summed E-state index contributed by atoms with van der Waals surface area (Å²) in [6.07, 6.45) is 2.93. The van der Waals surface area contributed by atoms with Gasteiger partial charge in [-0.05, 0) is 42.7 Å². The molecule has 0 saturated carbocycles. The molecule has 0 N–H and O–H groups in total. The molecule has 0 bridgehead atoms. The molecule has 4 aromatic rings. The molecule has 1 aliphatic rings. The Morgan fingerprint density at radius 2 is 1.97 bits per heavy atom. The molecule has 5 rings (SSSR count). The summed E-state index contributed by atoms with van der Waals surface area (Å²) >= 11 is 6.21. The van der Waals surface area contributed by atoms with Gasteiger partial charge in [-0.3, -0.25) is 4.79 Å². The number of para-hydroxylation sites is 1. The first-order valence-corrected chi connectivity index (χ1v) is 10.2.